The summed E-state index contributed by atoms with van der Waals surface area (Å²) in [6.07, 6.45) is 7.07. The zero-order chi connectivity index (χ0) is 23.4. The van der Waals surface area contributed by atoms with Gasteiger partial charge in [0.25, 0.3) is 5.91 Å². The molecule has 8 nitrogen and oxygen atoms in total. The number of methoxy groups -OCH3 is 1. The van der Waals surface area contributed by atoms with Gasteiger partial charge in [-0.2, -0.15) is 0 Å². The first-order chi connectivity index (χ1) is 16.0. The summed E-state index contributed by atoms with van der Waals surface area (Å²) in [6.45, 7) is 0.736. The van der Waals surface area contributed by atoms with E-state index in [9.17, 15) is 18.4 Å². The number of rotatable bonds is 8. The second-order valence-electron chi connectivity index (χ2n) is 7.33. The van der Waals surface area contributed by atoms with Crippen molar-refractivity contribution in [3.05, 3.63) is 88.2 Å². The molecule has 3 aromatic heterocycles. The molecule has 1 aromatic carbocycles. The Kier molecular flexibility index (Phi) is 6.43. The topological polar surface area (TPSA) is 91.0 Å². The zero-order valence-electron chi connectivity index (χ0n) is 17.8. The van der Waals surface area contributed by atoms with Crippen LogP contribution in [0.2, 0.25) is 0 Å². The van der Waals surface area contributed by atoms with Gasteiger partial charge < -0.3 is 19.2 Å². The highest BCUT2D eigenvalue weighted by molar-refractivity contribution is 5.96. The highest BCUT2D eigenvalue weighted by atomic mass is 19.1. The number of amides is 1. The number of aryl methyl sites for hydroxylation is 1. The van der Waals surface area contributed by atoms with Crippen molar-refractivity contribution in [3.63, 3.8) is 0 Å². The normalized spacial score (nSPS) is 11.0. The number of imidazole rings is 1. The van der Waals surface area contributed by atoms with E-state index in [1.54, 1.807) is 18.6 Å². The highest BCUT2D eigenvalue weighted by Gasteiger charge is 2.19. The largest absolute Gasteiger partial charge is 0.481 e. The van der Waals surface area contributed by atoms with E-state index in [0.29, 0.717) is 25.0 Å². The first-order valence-corrected chi connectivity index (χ1v) is 10.2. The zero-order valence-corrected chi connectivity index (χ0v) is 17.8. The molecule has 10 heteroatoms. The third kappa shape index (κ3) is 4.74. The average molecular weight is 453 g/mol. The summed E-state index contributed by atoms with van der Waals surface area (Å²) in [7, 11) is 1.40. The smallest absolute Gasteiger partial charge is 0.256 e. The molecule has 170 valence electrons. The van der Waals surface area contributed by atoms with E-state index in [4.69, 9.17) is 4.74 Å². The molecule has 33 heavy (non-hydrogen) atoms. The van der Waals surface area contributed by atoms with Gasteiger partial charge in [0.2, 0.25) is 11.3 Å². The minimum absolute atomic E-state index is 0.0304. The summed E-state index contributed by atoms with van der Waals surface area (Å²) >= 11 is 0. The third-order valence-electron chi connectivity index (χ3n) is 5.18. The van der Waals surface area contributed by atoms with E-state index >= 15 is 0 Å². The Morgan fingerprint density at radius 3 is 2.67 bits per heavy atom. The van der Waals surface area contributed by atoms with Crippen molar-refractivity contribution in [1.29, 1.82) is 0 Å². The first kappa shape index (κ1) is 22.1. The Hall–Kier alpha value is -4.08. The number of nitrogens with zero attached hydrogens (tertiary/aromatic N) is 4. The van der Waals surface area contributed by atoms with Gasteiger partial charge in [-0.05, 0) is 24.6 Å². The minimum Gasteiger partial charge on any atom is -0.481 e. The number of benzene rings is 1. The van der Waals surface area contributed by atoms with Crippen LogP contribution < -0.4 is 15.5 Å². The average Bonchev–Trinajstić information content (AvgIpc) is 3.34. The molecule has 4 aromatic rings. The van der Waals surface area contributed by atoms with Crippen molar-refractivity contribution in [3.8, 4) is 5.88 Å². The fourth-order valence-corrected chi connectivity index (χ4v) is 3.48. The summed E-state index contributed by atoms with van der Waals surface area (Å²) in [5, 5.41) is 2.72. The van der Waals surface area contributed by atoms with E-state index in [1.165, 1.54) is 30.0 Å². The number of carbonyl (C=O) groups excluding carboxylic acids is 1. The van der Waals surface area contributed by atoms with E-state index in [-0.39, 0.29) is 29.1 Å². The summed E-state index contributed by atoms with van der Waals surface area (Å²) in [5.74, 6) is -1.87. The molecule has 0 atom stereocenters. The lowest BCUT2D eigenvalue weighted by Gasteiger charge is -2.15. The van der Waals surface area contributed by atoms with Crippen LogP contribution in [0.4, 0.5) is 8.78 Å². The first-order valence-electron chi connectivity index (χ1n) is 10.2. The van der Waals surface area contributed by atoms with Crippen molar-refractivity contribution >= 4 is 16.9 Å². The van der Waals surface area contributed by atoms with E-state index in [1.807, 2.05) is 10.8 Å². The fourth-order valence-electron chi connectivity index (χ4n) is 3.48. The molecule has 0 unspecified atom stereocenters. The lowest BCUT2D eigenvalue weighted by atomic mass is 10.1. The number of hydrogen-bond acceptors (Lipinski definition) is 5. The lowest BCUT2D eigenvalue weighted by molar-refractivity contribution is 0.0951. The minimum atomic E-state index is -0.728. The van der Waals surface area contributed by atoms with Crippen molar-refractivity contribution < 1.29 is 18.3 Å². The molecule has 0 aliphatic heterocycles. The quantitative estimate of drug-likeness (QED) is 0.415. The predicted octanol–water partition coefficient (Wildman–Crippen LogP) is 2.75. The molecular formula is C23H21F2N5O3. The Labute approximate surface area is 187 Å². The van der Waals surface area contributed by atoms with Gasteiger partial charge >= 0.3 is 0 Å². The third-order valence-corrected chi connectivity index (χ3v) is 5.18. The van der Waals surface area contributed by atoms with Crippen LogP contribution in [0.15, 0.2) is 60.0 Å². The maximum absolute atomic E-state index is 14.3. The predicted molar refractivity (Wildman–Crippen MR) is 117 cm³/mol. The molecule has 3 heterocycles. The van der Waals surface area contributed by atoms with Gasteiger partial charge in [-0.25, -0.2) is 18.7 Å². The molecule has 0 saturated heterocycles. The number of halogens is 2. The summed E-state index contributed by atoms with van der Waals surface area (Å²) in [6, 6.07) is 6.67. The maximum atomic E-state index is 14.3. The number of hydrogen-bond donors (Lipinski definition) is 1. The van der Waals surface area contributed by atoms with Crippen LogP contribution in [0, 0.1) is 11.6 Å². The van der Waals surface area contributed by atoms with Gasteiger partial charge in [-0.1, -0.05) is 6.07 Å². The fraction of sp³-hybridized carbons (Fsp3) is 0.217. The van der Waals surface area contributed by atoms with Gasteiger partial charge in [-0.3, -0.25) is 9.59 Å². The van der Waals surface area contributed by atoms with Crippen LogP contribution in [0.1, 0.15) is 22.3 Å². The maximum Gasteiger partial charge on any atom is 0.256 e. The van der Waals surface area contributed by atoms with Crippen molar-refractivity contribution in [2.45, 2.75) is 19.5 Å². The Bertz CT molecular complexity index is 1330. The molecule has 0 aliphatic rings. The van der Waals surface area contributed by atoms with Gasteiger partial charge in [-0.15, -0.1) is 0 Å². The van der Waals surface area contributed by atoms with Crippen LogP contribution in [0.5, 0.6) is 5.88 Å². The molecule has 4 rings (SSSR count). The molecular weight excluding hydrogens is 432 g/mol. The van der Waals surface area contributed by atoms with Crippen molar-refractivity contribution in [1.82, 2.24) is 24.4 Å². The molecule has 0 fully saturated rings. The van der Waals surface area contributed by atoms with Crippen LogP contribution in [-0.2, 0) is 13.1 Å². The summed E-state index contributed by atoms with van der Waals surface area (Å²) in [5.41, 5.74) is -0.675. The number of ether oxygens (including phenoxy) is 1. The van der Waals surface area contributed by atoms with Gasteiger partial charge in [0.15, 0.2) is 0 Å². The Morgan fingerprint density at radius 2 is 1.97 bits per heavy atom. The van der Waals surface area contributed by atoms with Crippen LogP contribution in [0.3, 0.4) is 0 Å². The van der Waals surface area contributed by atoms with Gasteiger partial charge in [0.1, 0.15) is 22.7 Å². The van der Waals surface area contributed by atoms with Crippen LogP contribution >= 0.6 is 0 Å². The number of aromatic nitrogens is 4. The van der Waals surface area contributed by atoms with Gasteiger partial charge in [0, 0.05) is 43.3 Å². The Balaban J connectivity index is 1.67. The standard InChI is InChI=1S/C23H21F2N5O3/c1-33-20-7-6-19-21(28-20)22(31)16(23(32)27-8-3-10-29-11-9-26-14-29)13-30(19)12-15-17(24)4-2-5-18(15)25/h2,4-7,9,11,13-14H,3,8,10,12H2,1H3,(H,27,32). The molecule has 0 aliphatic carbocycles. The second kappa shape index (κ2) is 9.60. The lowest BCUT2D eigenvalue weighted by Crippen LogP contribution is -2.31. The molecule has 0 radical (unpaired) electrons. The molecule has 1 amide bonds. The van der Waals surface area contributed by atoms with Crippen molar-refractivity contribution in [2.24, 2.45) is 0 Å². The highest BCUT2D eigenvalue weighted by Crippen LogP contribution is 2.19. The number of carbonyl (C=O) groups is 1. The number of nitrogens with one attached hydrogen (secondary N) is 1. The van der Waals surface area contributed by atoms with Crippen LogP contribution in [0.25, 0.3) is 11.0 Å². The number of fused-ring (bicyclic) bond motifs is 1. The van der Waals surface area contributed by atoms with Crippen LogP contribution in [-0.4, -0.2) is 38.7 Å². The summed E-state index contributed by atoms with van der Waals surface area (Å²) < 4.78 is 37.0. The second-order valence-corrected chi connectivity index (χ2v) is 7.33. The molecule has 0 bridgehead atoms. The van der Waals surface area contributed by atoms with E-state index in [0.717, 1.165) is 12.1 Å². The Morgan fingerprint density at radius 1 is 1.18 bits per heavy atom. The number of pyridine rings is 2. The molecule has 0 saturated carbocycles. The van der Waals surface area contributed by atoms with Gasteiger partial charge in [0.05, 0.1) is 25.5 Å². The van der Waals surface area contributed by atoms with E-state index < -0.39 is 23.0 Å². The molecule has 1 N–H and O–H groups in total. The van der Waals surface area contributed by atoms with E-state index in [2.05, 4.69) is 15.3 Å². The summed E-state index contributed by atoms with van der Waals surface area (Å²) in [4.78, 5) is 34.0. The molecule has 0 spiro atoms. The monoisotopic (exact) mass is 453 g/mol. The SMILES string of the molecule is COc1ccc2c(n1)c(=O)c(C(=O)NCCCn1ccnc1)cn2Cc1c(F)cccc1F. The van der Waals surface area contributed by atoms with Crippen molar-refractivity contribution in [2.75, 3.05) is 13.7 Å².